The smallest absolute Gasteiger partial charge is 0.231 e. The minimum Gasteiger partial charge on any atom is -0.454 e. The molecule has 19 heavy (non-hydrogen) atoms. The van der Waals surface area contributed by atoms with E-state index in [1.54, 1.807) is 6.20 Å². The predicted molar refractivity (Wildman–Crippen MR) is 72.4 cm³/mol. The SMILES string of the molecule is CC(C)(CN)Nc1cnnc2cc3c(cc12)OCO3. The second-order valence-corrected chi connectivity index (χ2v) is 5.19. The van der Waals surface area contributed by atoms with E-state index in [1.165, 1.54) is 0 Å². The molecule has 0 fully saturated rings. The summed E-state index contributed by atoms with van der Waals surface area (Å²) >= 11 is 0. The van der Waals surface area contributed by atoms with E-state index >= 15 is 0 Å². The first kappa shape index (κ1) is 12.0. The summed E-state index contributed by atoms with van der Waals surface area (Å²) in [6.45, 7) is 4.83. The third-order valence-corrected chi connectivity index (χ3v) is 3.12. The van der Waals surface area contributed by atoms with Crippen LogP contribution in [0.15, 0.2) is 18.3 Å². The van der Waals surface area contributed by atoms with Crippen LogP contribution in [0.1, 0.15) is 13.8 Å². The Hall–Kier alpha value is -2.08. The van der Waals surface area contributed by atoms with Crippen molar-refractivity contribution in [3.63, 3.8) is 0 Å². The number of benzene rings is 1. The topological polar surface area (TPSA) is 82.3 Å². The van der Waals surface area contributed by atoms with E-state index in [1.807, 2.05) is 26.0 Å². The van der Waals surface area contributed by atoms with Crippen molar-refractivity contribution in [2.75, 3.05) is 18.7 Å². The lowest BCUT2D eigenvalue weighted by molar-refractivity contribution is 0.174. The molecular weight excluding hydrogens is 244 g/mol. The number of nitrogens with two attached hydrogens (primary N) is 1. The number of fused-ring (bicyclic) bond motifs is 2. The third-order valence-electron chi connectivity index (χ3n) is 3.12. The molecule has 0 bridgehead atoms. The van der Waals surface area contributed by atoms with E-state index < -0.39 is 0 Å². The van der Waals surface area contributed by atoms with Gasteiger partial charge in [-0.15, -0.1) is 0 Å². The van der Waals surface area contributed by atoms with Crippen LogP contribution in [0.2, 0.25) is 0 Å². The normalized spacial score (nSPS) is 13.8. The molecule has 1 aliphatic heterocycles. The van der Waals surface area contributed by atoms with Crippen LogP contribution in [-0.2, 0) is 0 Å². The highest BCUT2D eigenvalue weighted by atomic mass is 16.7. The summed E-state index contributed by atoms with van der Waals surface area (Å²) in [5, 5.41) is 12.4. The summed E-state index contributed by atoms with van der Waals surface area (Å²) in [6, 6.07) is 3.76. The number of ether oxygens (including phenoxy) is 2. The van der Waals surface area contributed by atoms with Crippen molar-refractivity contribution in [3.8, 4) is 11.5 Å². The number of aromatic nitrogens is 2. The van der Waals surface area contributed by atoms with Gasteiger partial charge in [0, 0.05) is 23.5 Å². The van der Waals surface area contributed by atoms with Crippen molar-refractivity contribution >= 4 is 16.6 Å². The molecule has 2 aromatic rings. The van der Waals surface area contributed by atoms with Crippen LogP contribution < -0.4 is 20.5 Å². The Morgan fingerprint density at radius 2 is 2.05 bits per heavy atom. The molecule has 1 aromatic carbocycles. The number of nitrogens with one attached hydrogen (secondary N) is 1. The zero-order valence-corrected chi connectivity index (χ0v) is 10.9. The van der Waals surface area contributed by atoms with E-state index in [9.17, 15) is 0 Å². The van der Waals surface area contributed by atoms with Gasteiger partial charge in [0.25, 0.3) is 0 Å². The van der Waals surface area contributed by atoms with Crippen molar-refractivity contribution in [2.24, 2.45) is 5.73 Å². The van der Waals surface area contributed by atoms with E-state index in [4.69, 9.17) is 15.2 Å². The van der Waals surface area contributed by atoms with Crippen LogP contribution in [0.5, 0.6) is 11.5 Å². The molecule has 1 aromatic heterocycles. The summed E-state index contributed by atoms with van der Waals surface area (Å²) in [5.74, 6) is 1.44. The number of anilines is 1. The van der Waals surface area contributed by atoms with Crippen LogP contribution >= 0.6 is 0 Å². The average molecular weight is 260 g/mol. The molecule has 0 spiro atoms. The molecule has 0 aliphatic carbocycles. The second kappa shape index (κ2) is 4.24. The average Bonchev–Trinajstić information content (AvgIpc) is 2.83. The Morgan fingerprint density at radius 1 is 1.32 bits per heavy atom. The first-order chi connectivity index (χ1) is 9.09. The Labute approximate surface area is 110 Å². The van der Waals surface area contributed by atoms with Crippen molar-refractivity contribution in [2.45, 2.75) is 19.4 Å². The zero-order chi connectivity index (χ0) is 13.5. The van der Waals surface area contributed by atoms with Gasteiger partial charge in [0.15, 0.2) is 11.5 Å². The molecule has 1 aliphatic rings. The maximum absolute atomic E-state index is 5.75. The molecule has 3 N–H and O–H groups in total. The molecule has 6 nitrogen and oxygen atoms in total. The zero-order valence-electron chi connectivity index (χ0n) is 10.9. The summed E-state index contributed by atoms with van der Waals surface area (Å²) in [6.07, 6.45) is 1.70. The molecule has 0 amide bonds. The van der Waals surface area contributed by atoms with Crippen molar-refractivity contribution in [3.05, 3.63) is 18.3 Å². The highest BCUT2D eigenvalue weighted by Gasteiger charge is 2.20. The molecule has 0 saturated heterocycles. The molecule has 100 valence electrons. The number of hydrogen-bond donors (Lipinski definition) is 2. The summed E-state index contributed by atoms with van der Waals surface area (Å²) in [4.78, 5) is 0. The first-order valence-corrected chi connectivity index (χ1v) is 6.12. The predicted octanol–water partition coefficient (Wildman–Crippen LogP) is 1.51. The fraction of sp³-hybridized carbons (Fsp3) is 0.385. The van der Waals surface area contributed by atoms with Crippen molar-refractivity contribution in [1.29, 1.82) is 0 Å². The Morgan fingerprint density at radius 3 is 2.79 bits per heavy atom. The van der Waals surface area contributed by atoms with E-state index in [0.29, 0.717) is 12.3 Å². The Kier molecular flexibility index (Phi) is 2.67. The van der Waals surface area contributed by atoms with E-state index in [2.05, 4.69) is 15.5 Å². The van der Waals surface area contributed by atoms with Crippen LogP contribution in [0, 0.1) is 0 Å². The molecule has 0 radical (unpaired) electrons. The van der Waals surface area contributed by atoms with Gasteiger partial charge in [0.05, 0.1) is 17.4 Å². The van der Waals surface area contributed by atoms with Gasteiger partial charge in [-0.05, 0) is 19.9 Å². The molecular formula is C13H16N4O2. The van der Waals surface area contributed by atoms with Crippen LogP contribution in [0.4, 0.5) is 5.69 Å². The highest BCUT2D eigenvalue weighted by Crippen LogP contribution is 2.37. The third kappa shape index (κ3) is 2.15. The van der Waals surface area contributed by atoms with Crippen molar-refractivity contribution in [1.82, 2.24) is 10.2 Å². The number of nitrogens with zero attached hydrogens (tertiary/aromatic N) is 2. The monoisotopic (exact) mass is 260 g/mol. The Balaban J connectivity index is 2.10. The molecule has 0 saturated carbocycles. The molecule has 6 heteroatoms. The fourth-order valence-electron chi connectivity index (χ4n) is 1.96. The van der Waals surface area contributed by atoms with Gasteiger partial charge in [-0.2, -0.15) is 10.2 Å². The van der Waals surface area contributed by atoms with Gasteiger partial charge in [0.2, 0.25) is 6.79 Å². The number of rotatable bonds is 3. The summed E-state index contributed by atoms with van der Waals surface area (Å²) in [7, 11) is 0. The lowest BCUT2D eigenvalue weighted by Crippen LogP contribution is -2.39. The summed E-state index contributed by atoms with van der Waals surface area (Å²) < 4.78 is 10.7. The minimum absolute atomic E-state index is 0.216. The van der Waals surface area contributed by atoms with E-state index in [-0.39, 0.29) is 12.3 Å². The van der Waals surface area contributed by atoms with Gasteiger partial charge in [-0.25, -0.2) is 0 Å². The molecule has 0 atom stereocenters. The lowest BCUT2D eigenvalue weighted by atomic mass is 10.0. The largest absolute Gasteiger partial charge is 0.454 e. The molecule has 2 heterocycles. The maximum atomic E-state index is 5.75. The second-order valence-electron chi connectivity index (χ2n) is 5.19. The highest BCUT2D eigenvalue weighted by molar-refractivity contribution is 5.93. The van der Waals surface area contributed by atoms with Crippen LogP contribution in [0.25, 0.3) is 10.9 Å². The molecule has 3 rings (SSSR count). The fourth-order valence-corrected chi connectivity index (χ4v) is 1.96. The Bertz CT molecular complexity index is 627. The van der Waals surface area contributed by atoms with Crippen LogP contribution in [0.3, 0.4) is 0 Å². The van der Waals surface area contributed by atoms with Crippen LogP contribution in [-0.4, -0.2) is 29.1 Å². The van der Waals surface area contributed by atoms with E-state index in [0.717, 1.165) is 22.3 Å². The molecule has 0 unspecified atom stereocenters. The van der Waals surface area contributed by atoms with Gasteiger partial charge in [0.1, 0.15) is 0 Å². The quantitative estimate of drug-likeness (QED) is 0.870. The van der Waals surface area contributed by atoms with Gasteiger partial charge < -0.3 is 20.5 Å². The van der Waals surface area contributed by atoms with Crippen molar-refractivity contribution < 1.29 is 9.47 Å². The first-order valence-electron chi connectivity index (χ1n) is 6.12. The lowest BCUT2D eigenvalue weighted by Gasteiger charge is -2.26. The summed E-state index contributed by atoms with van der Waals surface area (Å²) in [5.41, 5.74) is 7.18. The van der Waals surface area contributed by atoms with Gasteiger partial charge >= 0.3 is 0 Å². The van der Waals surface area contributed by atoms with Gasteiger partial charge in [-0.3, -0.25) is 0 Å². The standard InChI is InChI=1S/C13H16N4O2/c1-13(2,6-14)16-10-5-15-17-9-4-12-11(3-8(9)10)18-7-19-12/h3-5H,6-7,14H2,1-2H3,(H,16,17). The minimum atomic E-state index is -0.216. The van der Waals surface area contributed by atoms with Gasteiger partial charge in [-0.1, -0.05) is 0 Å². The maximum Gasteiger partial charge on any atom is 0.231 e. The number of hydrogen-bond acceptors (Lipinski definition) is 6.